The number of anilines is 4. The predicted molar refractivity (Wildman–Crippen MR) is 197 cm³/mol. The molecule has 0 aromatic heterocycles. The van der Waals surface area contributed by atoms with Crippen LogP contribution < -0.4 is 21.3 Å². The molecular weight excluding hydrogens is 745 g/mol. The summed E-state index contributed by atoms with van der Waals surface area (Å²) < 4.78 is 66.6. The lowest BCUT2D eigenvalue weighted by molar-refractivity contribution is -0.132. The van der Waals surface area contributed by atoms with Gasteiger partial charge in [-0.15, -0.1) is 0 Å². The van der Waals surface area contributed by atoms with Crippen molar-refractivity contribution in [1.29, 1.82) is 0 Å². The van der Waals surface area contributed by atoms with Crippen LogP contribution in [0.2, 0.25) is 0 Å². The molecule has 0 aliphatic carbocycles. The van der Waals surface area contributed by atoms with Gasteiger partial charge in [0.1, 0.15) is 21.3 Å². The van der Waals surface area contributed by atoms with Crippen LogP contribution in [-0.2, 0) is 29.8 Å². The highest BCUT2D eigenvalue weighted by atomic mass is 32.2. The van der Waals surface area contributed by atoms with Gasteiger partial charge in [-0.3, -0.25) is 28.3 Å². The van der Waals surface area contributed by atoms with Crippen molar-refractivity contribution in [2.24, 2.45) is 0 Å². The Kier molecular flexibility index (Phi) is 9.76. The molecule has 0 aliphatic rings. The molecule has 0 saturated carbocycles. The van der Waals surface area contributed by atoms with Gasteiger partial charge in [0.05, 0.1) is 0 Å². The fraction of sp³-hybridized carbons (Fsp3) is 0. The van der Waals surface area contributed by atoms with E-state index >= 15 is 0 Å². The smallest absolute Gasteiger partial charge is 0.314 e. The minimum atomic E-state index is -4.72. The van der Waals surface area contributed by atoms with Crippen molar-refractivity contribution in [3.63, 3.8) is 0 Å². The molecule has 0 saturated heterocycles. The Morgan fingerprint density at radius 3 is 1.19 bits per heavy atom. The molecule has 8 N–H and O–H groups in total. The summed E-state index contributed by atoms with van der Waals surface area (Å²) >= 11 is 0. The minimum absolute atomic E-state index is 0.0229. The molecule has 6 aromatic rings. The van der Waals surface area contributed by atoms with E-state index in [1.807, 2.05) is 0 Å². The number of rotatable bonds is 8. The van der Waals surface area contributed by atoms with Crippen molar-refractivity contribution in [3.05, 3.63) is 120 Å². The zero-order valence-corrected chi connectivity index (χ0v) is 28.9. The zero-order chi connectivity index (χ0) is 38.9. The summed E-state index contributed by atoms with van der Waals surface area (Å²) in [6, 6.07) is 23.7. The van der Waals surface area contributed by atoms with Crippen LogP contribution >= 0.6 is 0 Å². The van der Waals surface area contributed by atoms with Gasteiger partial charge < -0.3 is 31.5 Å². The lowest BCUT2D eigenvalue weighted by Crippen LogP contribution is -2.29. The first-order valence-electron chi connectivity index (χ1n) is 15.4. The van der Waals surface area contributed by atoms with Crippen molar-refractivity contribution in [1.82, 2.24) is 0 Å². The van der Waals surface area contributed by atoms with Crippen molar-refractivity contribution in [3.8, 4) is 11.5 Å². The SMILES string of the molecule is O=C(Nc1cccc(C(=O)Nc2cccc3c(S(=O)(=O)O)cc(O)cc23)c1)C(=O)Nc1cccc(C(=O)Nc2cccc3c(S(=O)(=O)O)cc(O)cc23)c1. The van der Waals surface area contributed by atoms with E-state index in [1.54, 1.807) is 0 Å². The number of phenolic OH excluding ortho intramolecular Hbond substituents is 2. The molecule has 6 rings (SSSR count). The number of hydrogen-bond acceptors (Lipinski definition) is 10. The van der Waals surface area contributed by atoms with Crippen LogP contribution in [0.4, 0.5) is 22.7 Å². The van der Waals surface area contributed by atoms with Gasteiger partial charge >= 0.3 is 11.8 Å². The third kappa shape index (κ3) is 7.96. The van der Waals surface area contributed by atoms with Gasteiger partial charge in [0.15, 0.2) is 0 Å². The number of carbonyl (C=O) groups is 4. The Bertz CT molecular complexity index is 2600. The Morgan fingerprint density at radius 1 is 0.444 bits per heavy atom. The van der Waals surface area contributed by atoms with Crippen LogP contribution in [0.1, 0.15) is 20.7 Å². The maximum atomic E-state index is 13.2. The fourth-order valence-electron chi connectivity index (χ4n) is 5.56. The van der Waals surface area contributed by atoms with Gasteiger partial charge in [0.2, 0.25) is 0 Å². The third-order valence-corrected chi connectivity index (χ3v) is 9.70. The van der Waals surface area contributed by atoms with Gasteiger partial charge in [-0.05, 0) is 60.7 Å². The summed E-state index contributed by atoms with van der Waals surface area (Å²) in [6.07, 6.45) is 0. The second kappa shape index (κ2) is 14.3. The first-order chi connectivity index (χ1) is 25.5. The van der Waals surface area contributed by atoms with Gasteiger partial charge in [0, 0.05) is 67.6 Å². The summed E-state index contributed by atoms with van der Waals surface area (Å²) in [4.78, 5) is 50.8. The molecule has 274 valence electrons. The van der Waals surface area contributed by atoms with Crippen LogP contribution in [0.25, 0.3) is 21.5 Å². The maximum Gasteiger partial charge on any atom is 0.314 e. The number of fused-ring (bicyclic) bond motifs is 2. The Labute approximate surface area is 305 Å². The van der Waals surface area contributed by atoms with E-state index in [0.29, 0.717) is 0 Å². The van der Waals surface area contributed by atoms with Gasteiger partial charge in [-0.2, -0.15) is 16.8 Å². The van der Waals surface area contributed by atoms with Crippen LogP contribution in [0.15, 0.2) is 119 Å². The summed E-state index contributed by atoms with van der Waals surface area (Å²) in [5, 5.41) is 30.4. The van der Waals surface area contributed by atoms with Crippen LogP contribution in [-0.4, -0.2) is 59.8 Å². The number of benzene rings is 6. The molecule has 4 amide bonds. The normalized spacial score (nSPS) is 11.5. The molecule has 16 nitrogen and oxygen atoms in total. The first kappa shape index (κ1) is 36.9. The molecule has 0 unspecified atom stereocenters. The molecule has 0 fully saturated rings. The summed E-state index contributed by atoms with van der Waals surface area (Å²) in [7, 11) is -9.43. The topological polar surface area (TPSA) is 266 Å². The zero-order valence-electron chi connectivity index (χ0n) is 27.3. The van der Waals surface area contributed by atoms with E-state index in [2.05, 4.69) is 21.3 Å². The van der Waals surface area contributed by atoms with Crippen LogP contribution in [0, 0.1) is 0 Å². The molecule has 0 atom stereocenters. The van der Waals surface area contributed by atoms with Gasteiger partial charge in [-0.25, -0.2) is 0 Å². The van der Waals surface area contributed by atoms with Crippen molar-refractivity contribution in [2.45, 2.75) is 9.79 Å². The number of hydrogen-bond donors (Lipinski definition) is 8. The highest BCUT2D eigenvalue weighted by molar-refractivity contribution is 7.86. The summed E-state index contributed by atoms with van der Waals surface area (Å²) in [5.74, 6) is -4.61. The van der Waals surface area contributed by atoms with E-state index < -0.39 is 65.2 Å². The fourth-order valence-corrected chi connectivity index (χ4v) is 7.01. The second-order valence-electron chi connectivity index (χ2n) is 11.6. The summed E-state index contributed by atoms with van der Waals surface area (Å²) in [6.45, 7) is 0. The molecule has 0 bridgehead atoms. The molecule has 6 aromatic carbocycles. The minimum Gasteiger partial charge on any atom is -0.508 e. The summed E-state index contributed by atoms with van der Waals surface area (Å²) in [5.41, 5.74) is 0.359. The quantitative estimate of drug-likeness (QED) is 0.0753. The molecule has 18 heteroatoms. The molecule has 54 heavy (non-hydrogen) atoms. The molecule has 0 heterocycles. The van der Waals surface area contributed by atoms with Crippen molar-refractivity contribution in [2.75, 3.05) is 21.3 Å². The molecule has 0 aliphatic heterocycles. The molecular formula is C36H26N4O12S2. The largest absolute Gasteiger partial charge is 0.508 e. The lowest BCUT2D eigenvalue weighted by atomic mass is 10.1. The standard InChI is InChI=1S/C36H26N4O12S2/c41-23-15-27-25(31(17-23)53(47,48)49)9-3-11-29(27)39-33(43)19-5-1-7-21(13-19)37-35(45)36(46)38-22-8-2-6-20(14-22)34(44)40-30-12-4-10-26-28(30)16-24(42)18-32(26)54(50,51)52/h1-18,41-42H,(H,37,45)(H,38,46)(H,39,43)(H,40,44)(H,47,48,49)(H,50,51,52). The average Bonchev–Trinajstić information content (AvgIpc) is 3.11. The van der Waals surface area contributed by atoms with Crippen molar-refractivity contribution >= 4 is 88.2 Å². The van der Waals surface area contributed by atoms with E-state index in [4.69, 9.17) is 0 Å². The second-order valence-corrected chi connectivity index (χ2v) is 14.4. The number of phenols is 2. The Hall–Kier alpha value is -6.86. The maximum absolute atomic E-state index is 13.2. The molecule has 0 radical (unpaired) electrons. The number of aromatic hydroxyl groups is 2. The van der Waals surface area contributed by atoms with Crippen LogP contribution in [0.5, 0.6) is 11.5 Å². The van der Waals surface area contributed by atoms with E-state index in [-0.39, 0.29) is 55.4 Å². The average molecular weight is 771 g/mol. The third-order valence-electron chi connectivity index (χ3n) is 7.91. The highest BCUT2D eigenvalue weighted by Gasteiger charge is 2.21. The number of carbonyl (C=O) groups excluding carboxylic acids is 4. The lowest BCUT2D eigenvalue weighted by Gasteiger charge is -2.13. The van der Waals surface area contributed by atoms with E-state index in [1.165, 1.54) is 97.1 Å². The van der Waals surface area contributed by atoms with Gasteiger partial charge in [0.25, 0.3) is 32.1 Å². The predicted octanol–water partition coefficient (Wildman–Crippen LogP) is 4.98. The Morgan fingerprint density at radius 2 is 0.815 bits per heavy atom. The number of amides is 4. The Balaban J connectivity index is 1.13. The number of nitrogens with one attached hydrogen (secondary N) is 4. The van der Waals surface area contributed by atoms with E-state index in [0.717, 1.165) is 12.1 Å². The monoisotopic (exact) mass is 770 g/mol. The first-order valence-corrected chi connectivity index (χ1v) is 18.3. The molecule has 0 spiro atoms. The van der Waals surface area contributed by atoms with Crippen molar-refractivity contribution < 1.29 is 55.3 Å². The van der Waals surface area contributed by atoms with Crippen LogP contribution in [0.3, 0.4) is 0 Å². The van der Waals surface area contributed by atoms with Gasteiger partial charge in [-0.1, -0.05) is 36.4 Å². The van der Waals surface area contributed by atoms with E-state index in [9.17, 15) is 55.3 Å². The highest BCUT2D eigenvalue weighted by Crippen LogP contribution is 2.34.